The maximum Gasteiger partial charge on any atom is 0.309 e. The van der Waals surface area contributed by atoms with Gasteiger partial charge in [-0.05, 0) is 11.4 Å². The van der Waals surface area contributed by atoms with Crippen molar-refractivity contribution in [2.75, 3.05) is 7.11 Å². The van der Waals surface area contributed by atoms with E-state index in [4.69, 9.17) is 9.84 Å². The van der Waals surface area contributed by atoms with Crippen LogP contribution in [0.3, 0.4) is 0 Å². The number of hydrogen-bond donors (Lipinski definition) is 1. The van der Waals surface area contributed by atoms with Crippen molar-refractivity contribution in [3.05, 3.63) is 39.8 Å². The molecule has 0 spiro atoms. The van der Waals surface area contributed by atoms with Crippen LogP contribution in [0.4, 0.5) is 0 Å². The Morgan fingerprint density at radius 2 is 2.21 bits per heavy atom. The highest BCUT2D eigenvalue weighted by atomic mass is 32.1. The van der Waals surface area contributed by atoms with E-state index in [1.54, 1.807) is 29.8 Å². The normalized spacial score (nSPS) is 10.4. The highest BCUT2D eigenvalue weighted by Crippen LogP contribution is 2.27. The van der Waals surface area contributed by atoms with Gasteiger partial charge in [0.1, 0.15) is 11.4 Å². The van der Waals surface area contributed by atoms with Gasteiger partial charge in [0.15, 0.2) is 0 Å². The molecule has 0 amide bonds. The second kappa shape index (κ2) is 5.27. The number of carboxylic acids is 1. The number of carboxylic acid groups (broad SMARTS) is 1. The van der Waals surface area contributed by atoms with Gasteiger partial charge in [0.05, 0.1) is 18.4 Å². The summed E-state index contributed by atoms with van der Waals surface area (Å²) in [6.07, 6.45) is -0.148. The van der Waals surface area contributed by atoms with Crippen LogP contribution in [0.1, 0.15) is 21.1 Å². The van der Waals surface area contributed by atoms with Crippen LogP contribution in [-0.4, -0.2) is 28.5 Å². The lowest BCUT2D eigenvalue weighted by Gasteiger charge is -2.06. The molecule has 19 heavy (non-hydrogen) atoms. The lowest BCUT2D eigenvalue weighted by atomic mass is 10.2. The summed E-state index contributed by atoms with van der Waals surface area (Å²) in [5.41, 5.74) is 0.908. The summed E-state index contributed by atoms with van der Waals surface area (Å²) < 4.78 is 6.76. The molecule has 0 aliphatic heterocycles. The molecule has 0 aliphatic carbocycles. The SMILES string of the molecule is COc1cc(CC(=O)O)n(C)c1C(=O)c1cccs1. The molecular weight excluding hydrogens is 266 g/mol. The van der Waals surface area contributed by atoms with Crippen LogP contribution in [0.15, 0.2) is 23.6 Å². The monoisotopic (exact) mass is 279 g/mol. The van der Waals surface area contributed by atoms with Crippen molar-refractivity contribution in [3.63, 3.8) is 0 Å². The zero-order valence-electron chi connectivity index (χ0n) is 10.5. The zero-order valence-corrected chi connectivity index (χ0v) is 11.4. The minimum absolute atomic E-state index is 0.148. The third-order valence-corrected chi connectivity index (χ3v) is 3.68. The molecule has 6 heteroatoms. The molecule has 1 N–H and O–H groups in total. The summed E-state index contributed by atoms with van der Waals surface area (Å²) in [5, 5.41) is 10.7. The molecule has 2 aromatic rings. The molecule has 0 atom stereocenters. The Bertz CT molecular complexity index is 613. The molecule has 0 saturated heterocycles. The predicted molar refractivity (Wildman–Crippen MR) is 71.1 cm³/mol. The largest absolute Gasteiger partial charge is 0.494 e. The third kappa shape index (κ3) is 2.53. The number of aliphatic carboxylic acids is 1. The predicted octanol–water partition coefficient (Wildman–Crippen LogP) is 1.95. The number of ether oxygens (including phenoxy) is 1. The minimum Gasteiger partial charge on any atom is -0.494 e. The van der Waals surface area contributed by atoms with Gasteiger partial charge in [0, 0.05) is 18.8 Å². The van der Waals surface area contributed by atoms with Crippen LogP contribution < -0.4 is 4.74 Å². The van der Waals surface area contributed by atoms with E-state index >= 15 is 0 Å². The van der Waals surface area contributed by atoms with Crippen molar-refractivity contribution in [2.24, 2.45) is 7.05 Å². The summed E-state index contributed by atoms with van der Waals surface area (Å²) in [7, 11) is 3.13. The van der Waals surface area contributed by atoms with E-state index in [0.29, 0.717) is 22.0 Å². The Morgan fingerprint density at radius 1 is 1.47 bits per heavy atom. The van der Waals surface area contributed by atoms with E-state index < -0.39 is 5.97 Å². The summed E-state index contributed by atoms with van der Waals surface area (Å²) in [6, 6.07) is 5.12. The number of carbonyl (C=O) groups is 2. The molecule has 2 aromatic heterocycles. The number of thiophene rings is 1. The minimum atomic E-state index is -0.946. The van der Waals surface area contributed by atoms with Gasteiger partial charge in [-0.25, -0.2) is 0 Å². The topological polar surface area (TPSA) is 68.5 Å². The second-order valence-corrected chi connectivity index (χ2v) is 4.94. The van der Waals surface area contributed by atoms with Crippen LogP contribution in [0.5, 0.6) is 5.75 Å². The zero-order chi connectivity index (χ0) is 14.0. The number of nitrogens with zero attached hydrogens (tertiary/aromatic N) is 1. The van der Waals surface area contributed by atoms with Gasteiger partial charge in [-0.15, -0.1) is 11.3 Å². The van der Waals surface area contributed by atoms with Crippen molar-refractivity contribution >= 4 is 23.1 Å². The fourth-order valence-electron chi connectivity index (χ4n) is 1.89. The molecule has 2 heterocycles. The van der Waals surface area contributed by atoms with Crippen LogP contribution >= 0.6 is 11.3 Å². The number of rotatable bonds is 5. The first-order valence-electron chi connectivity index (χ1n) is 5.57. The van der Waals surface area contributed by atoms with E-state index in [-0.39, 0.29) is 12.2 Å². The summed E-state index contributed by atoms with van der Waals surface area (Å²) in [5.74, 6) is -0.707. The maximum absolute atomic E-state index is 12.4. The van der Waals surface area contributed by atoms with Gasteiger partial charge in [-0.3, -0.25) is 9.59 Å². The summed E-state index contributed by atoms with van der Waals surface area (Å²) >= 11 is 1.34. The Balaban J connectivity index is 2.47. The number of hydrogen-bond acceptors (Lipinski definition) is 4. The molecule has 0 fully saturated rings. The molecule has 0 aliphatic rings. The van der Waals surface area contributed by atoms with Crippen molar-refractivity contribution in [1.82, 2.24) is 4.57 Å². The lowest BCUT2D eigenvalue weighted by Crippen LogP contribution is -2.11. The number of ketones is 1. The van der Waals surface area contributed by atoms with Crippen LogP contribution in [0.25, 0.3) is 0 Å². The van der Waals surface area contributed by atoms with Crippen LogP contribution in [-0.2, 0) is 18.3 Å². The van der Waals surface area contributed by atoms with E-state index in [9.17, 15) is 9.59 Å². The molecule has 0 radical (unpaired) electrons. The van der Waals surface area contributed by atoms with E-state index in [2.05, 4.69) is 0 Å². The molecule has 2 rings (SSSR count). The first kappa shape index (κ1) is 13.4. The van der Waals surface area contributed by atoms with E-state index in [1.165, 1.54) is 18.4 Å². The average Bonchev–Trinajstić information content (AvgIpc) is 2.97. The molecule has 0 unspecified atom stereocenters. The molecule has 0 aromatic carbocycles. The average molecular weight is 279 g/mol. The molecule has 0 saturated carbocycles. The van der Waals surface area contributed by atoms with Crippen molar-refractivity contribution in [1.29, 1.82) is 0 Å². The number of carbonyl (C=O) groups excluding carboxylic acids is 1. The smallest absolute Gasteiger partial charge is 0.309 e. The van der Waals surface area contributed by atoms with Crippen LogP contribution in [0.2, 0.25) is 0 Å². The number of methoxy groups -OCH3 is 1. The highest BCUT2D eigenvalue weighted by Gasteiger charge is 2.22. The van der Waals surface area contributed by atoms with Gasteiger partial charge in [-0.1, -0.05) is 6.07 Å². The van der Waals surface area contributed by atoms with Crippen molar-refractivity contribution in [3.8, 4) is 5.75 Å². The fourth-order valence-corrected chi connectivity index (χ4v) is 2.56. The Labute approximate surface area is 114 Å². The van der Waals surface area contributed by atoms with Gasteiger partial charge < -0.3 is 14.4 Å². The number of aromatic nitrogens is 1. The lowest BCUT2D eigenvalue weighted by molar-refractivity contribution is -0.136. The first-order chi connectivity index (χ1) is 9.04. The first-order valence-corrected chi connectivity index (χ1v) is 6.45. The van der Waals surface area contributed by atoms with Crippen molar-refractivity contribution in [2.45, 2.75) is 6.42 Å². The Kier molecular flexibility index (Phi) is 3.71. The van der Waals surface area contributed by atoms with E-state index in [1.807, 2.05) is 5.38 Å². The summed E-state index contributed by atoms with van der Waals surface area (Å²) in [4.78, 5) is 23.8. The fraction of sp³-hybridized carbons (Fsp3) is 0.231. The van der Waals surface area contributed by atoms with E-state index in [0.717, 1.165) is 0 Å². The quantitative estimate of drug-likeness (QED) is 0.849. The van der Waals surface area contributed by atoms with Gasteiger partial charge >= 0.3 is 5.97 Å². The van der Waals surface area contributed by atoms with Crippen LogP contribution in [0, 0.1) is 0 Å². The van der Waals surface area contributed by atoms with Crippen molar-refractivity contribution < 1.29 is 19.4 Å². The molecular formula is C13H13NO4S. The molecule has 5 nitrogen and oxygen atoms in total. The maximum atomic E-state index is 12.4. The Morgan fingerprint density at radius 3 is 2.74 bits per heavy atom. The van der Waals surface area contributed by atoms with Gasteiger partial charge in [0.2, 0.25) is 5.78 Å². The molecule has 0 bridgehead atoms. The molecule has 100 valence electrons. The summed E-state index contributed by atoms with van der Waals surface area (Å²) in [6.45, 7) is 0. The second-order valence-electron chi connectivity index (χ2n) is 3.99. The Hall–Kier alpha value is -2.08. The highest BCUT2D eigenvalue weighted by molar-refractivity contribution is 7.12. The third-order valence-electron chi connectivity index (χ3n) is 2.81. The van der Waals surface area contributed by atoms with Gasteiger partial charge in [0.25, 0.3) is 0 Å². The van der Waals surface area contributed by atoms with Gasteiger partial charge in [-0.2, -0.15) is 0 Å². The standard InChI is InChI=1S/C13H13NO4S/c1-14-8(7-11(15)16)6-9(18-2)12(14)13(17)10-4-3-5-19-10/h3-6H,7H2,1-2H3,(H,15,16).